The van der Waals surface area contributed by atoms with Crippen LogP contribution in [0.15, 0.2) is 36.5 Å². The van der Waals surface area contributed by atoms with Crippen molar-refractivity contribution < 1.29 is 42.9 Å². The summed E-state index contributed by atoms with van der Waals surface area (Å²) in [6.07, 6.45) is 88.7. The zero-order chi connectivity index (χ0) is 64.7. The topological polar surface area (TPSA) is 108 Å². The van der Waals surface area contributed by atoms with E-state index in [9.17, 15) is 19.5 Å². The summed E-state index contributed by atoms with van der Waals surface area (Å²) in [6.45, 7) is 4.94. The van der Waals surface area contributed by atoms with Gasteiger partial charge in [-0.2, -0.15) is 0 Å². The number of carboxylic acid groups (broad SMARTS) is 1. The Labute approximate surface area is 553 Å². The van der Waals surface area contributed by atoms with Crippen LogP contribution >= 0.6 is 0 Å². The fraction of sp³-hybridized carbons (Fsp3) is 0.887. The number of quaternary nitrogens is 1. The van der Waals surface area contributed by atoms with Crippen LogP contribution in [0.5, 0.6) is 0 Å². The van der Waals surface area contributed by atoms with Gasteiger partial charge in [-0.3, -0.25) is 9.59 Å². The summed E-state index contributed by atoms with van der Waals surface area (Å²) < 4.78 is 23.0. The molecule has 524 valence electrons. The van der Waals surface area contributed by atoms with E-state index in [-0.39, 0.29) is 38.2 Å². The van der Waals surface area contributed by atoms with Crippen LogP contribution in [0.4, 0.5) is 0 Å². The number of allylic oxidation sites excluding steroid dienone is 6. The summed E-state index contributed by atoms with van der Waals surface area (Å²) in [6, 6.07) is 0. The molecule has 2 unspecified atom stereocenters. The lowest BCUT2D eigenvalue weighted by Crippen LogP contribution is -2.40. The second-order valence-electron chi connectivity index (χ2n) is 28.0. The van der Waals surface area contributed by atoms with Crippen LogP contribution < -0.4 is 0 Å². The lowest BCUT2D eigenvalue weighted by atomic mass is 10.0. The molecular weight excluding hydrogens is 1100 g/mol. The first kappa shape index (κ1) is 86.5. The number of esters is 2. The zero-order valence-electron chi connectivity index (χ0n) is 60.1. The number of likely N-dealkylation sites (N-methyl/N-ethyl adjacent to an activating group) is 1. The first-order valence-electron chi connectivity index (χ1n) is 39.2. The Morgan fingerprint density at radius 3 is 0.899 bits per heavy atom. The maximum absolute atomic E-state index is 13.0. The lowest BCUT2D eigenvalue weighted by molar-refractivity contribution is -0.870. The summed E-state index contributed by atoms with van der Waals surface area (Å²) in [7, 11) is 6.00. The van der Waals surface area contributed by atoms with Crippen LogP contribution in [0.25, 0.3) is 0 Å². The fourth-order valence-electron chi connectivity index (χ4n) is 11.9. The summed E-state index contributed by atoms with van der Waals surface area (Å²) >= 11 is 0. The molecule has 0 aromatic heterocycles. The maximum atomic E-state index is 13.0. The average molecular weight is 1260 g/mol. The molecule has 0 aliphatic heterocycles. The third-order valence-corrected chi connectivity index (χ3v) is 17.9. The molecule has 0 saturated heterocycles. The number of hydrogen-bond acceptors (Lipinski definition) is 7. The number of rotatable bonds is 74. The Morgan fingerprint density at radius 1 is 0.337 bits per heavy atom. The number of carbonyl (C=O) groups excluding carboxylic acids is 2. The molecule has 9 nitrogen and oxygen atoms in total. The number of hydrogen-bond donors (Lipinski definition) is 1. The molecule has 0 aromatic carbocycles. The molecular formula is C80H152NO8+. The van der Waals surface area contributed by atoms with Crippen LogP contribution in [-0.2, 0) is 33.3 Å². The third kappa shape index (κ3) is 72.8. The van der Waals surface area contributed by atoms with Gasteiger partial charge in [0.1, 0.15) is 13.2 Å². The van der Waals surface area contributed by atoms with Gasteiger partial charge in [0.15, 0.2) is 6.10 Å². The molecule has 0 aliphatic carbocycles. The van der Waals surface area contributed by atoms with Crippen LogP contribution in [0.1, 0.15) is 399 Å². The van der Waals surface area contributed by atoms with E-state index in [0.717, 1.165) is 44.9 Å². The monoisotopic (exact) mass is 1260 g/mol. The van der Waals surface area contributed by atoms with Crippen molar-refractivity contribution in [2.45, 2.75) is 411 Å². The summed E-state index contributed by atoms with van der Waals surface area (Å²) in [4.78, 5) is 37.7. The minimum Gasteiger partial charge on any atom is -0.477 e. The van der Waals surface area contributed by atoms with Gasteiger partial charge in [0.2, 0.25) is 0 Å². The van der Waals surface area contributed by atoms with Gasteiger partial charge >= 0.3 is 17.9 Å². The van der Waals surface area contributed by atoms with Gasteiger partial charge in [0.05, 0.1) is 34.4 Å². The molecule has 0 radical (unpaired) electrons. The lowest BCUT2D eigenvalue weighted by Gasteiger charge is -2.25. The van der Waals surface area contributed by atoms with Gasteiger partial charge < -0.3 is 28.5 Å². The van der Waals surface area contributed by atoms with Crippen molar-refractivity contribution in [3.05, 3.63) is 36.5 Å². The van der Waals surface area contributed by atoms with Crippen LogP contribution in [0.2, 0.25) is 0 Å². The zero-order valence-corrected chi connectivity index (χ0v) is 60.1. The molecule has 0 aromatic rings. The number of ether oxygens (including phenoxy) is 4. The van der Waals surface area contributed by atoms with Crippen molar-refractivity contribution in [3.8, 4) is 0 Å². The molecule has 0 saturated carbocycles. The second kappa shape index (κ2) is 71.4. The molecule has 0 heterocycles. The molecule has 0 bridgehead atoms. The number of unbranched alkanes of at least 4 members (excludes halogenated alkanes) is 53. The number of carboxylic acids is 1. The smallest absolute Gasteiger partial charge is 0.361 e. The molecule has 89 heavy (non-hydrogen) atoms. The maximum Gasteiger partial charge on any atom is 0.361 e. The van der Waals surface area contributed by atoms with Crippen LogP contribution in [0.3, 0.4) is 0 Å². The van der Waals surface area contributed by atoms with Gasteiger partial charge in [-0.15, -0.1) is 0 Å². The van der Waals surface area contributed by atoms with Crippen molar-refractivity contribution >= 4 is 17.9 Å². The second-order valence-corrected chi connectivity index (χ2v) is 28.0. The van der Waals surface area contributed by atoms with Crippen molar-refractivity contribution in [1.82, 2.24) is 0 Å². The van der Waals surface area contributed by atoms with Crippen molar-refractivity contribution in [1.29, 1.82) is 0 Å². The Hall–Kier alpha value is -2.49. The van der Waals surface area contributed by atoms with E-state index in [0.29, 0.717) is 17.4 Å². The van der Waals surface area contributed by atoms with Crippen molar-refractivity contribution in [2.24, 2.45) is 0 Å². The Morgan fingerprint density at radius 2 is 0.607 bits per heavy atom. The highest BCUT2D eigenvalue weighted by Crippen LogP contribution is 2.19. The molecule has 0 rings (SSSR count). The predicted molar refractivity (Wildman–Crippen MR) is 383 cm³/mol. The van der Waals surface area contributed by atoms with Gasteiger partial charge in [-0.05, 0) is 70.6 Å². The quantitative estimate of drug-likeness (QED) is 0.0211. The van der Waals surface area contributed by atoms with E-state index in [1.54, 1.807) is 0 Å². The largest absolute Gasteiger partial charge is 0.477 e. The Bertz CT molecular complexity index is 1550. The van der Waals surface area contributed by atoms with Gasteiger partial charge in [-0.25, -0.2) is 4.79 Å². The molecule has 1 N–H and O–H groups in total. The SMILES string of the molecule is CCCCCCC/C=C\C/C=C\CCCCCCCCCCCCCCCCCCCCCCCCCCCCCC(=O)OC(COC(=O)CCCCCCCCCCCCCCC/C=C\CCCCCCCCCC)COC(OCC[N+](C)(C)C)C(=O)O. The molecule has 0 fully saturated rings. The number of nitrogens with zero attached hydrogens (tertiary/aromatic N) is 1. The normalized spacial score (nSPS) is 12.8. The molecule has 0 aliphatic rings. The minimum atomic E-state index is -1.51. The van der Waals surface area contributed by atoms with E-state index in [2.05, 4.69) is 50.3 Å². The highest BCUT2D eigenvalue weighted by atomic mass is 16.7. The highest BCUT2D eigenvalue weighted by Gasteiger charge is 2.25. The van der Waals surface area contributed by atoms with E-state index in [1.807, 2.05) is 21.1 Å². The molecule has 0 amide bonds. The van der Waals surface area contributed by atoms with E-state index in [4.69, 9.17) is 18.9 Å². The highest BCUT2D eigenvalue weighted by molar-refractivity contribution is 5.71. The minimum absolute atomic E-state index is 0.176. The summed E-state index contributed by atoms with van der Waals surface area (Å²) in [5, 5.41) is 9.76. The number of aliphatic carboxylic acids is 1. The molecule has 0 spiro atoms. The van der Waals surface area contributed by atoms with E-state index in [1.165, 1.54) is 327 Å². The van der Waals surface area contributed by atoms with Crippen molar-refractivity contribution in [2.75, 3.05) is 47.5 Å². The van der Waals surface area contributed by atoms with E-state index >= 15 is 0 Å². The number of carbonyl (C=O) groups is 3. The average Bonchev–Trinajstić information content (AvgIpc) is 3.64. The van der Waals surface area contributed by atoms with Gasteiger partial charge in [0, 0.05) is 12.8 Å². The van der Waals surface area contributed by atoms with Crippen LogP contribution in [-0.4, -0.2) is 87.4 Å². The predicted octanol–water partition coefficient (Wildman–Crippen LogP) is 24.7. The first-order valence-corrected chi connectivity index (χ1v) is 39.2. The van der Waals surface area contributed by atoms with Gasteiger partial charge in [0.25, 0.3) is 6.29 Å². The van der Waals surface area contributed by atoms with E-state index < -0.39 is 18.4 Å². The van der Waals surface area contributed by atoms with Gasteiger partial charge in [-0.1, -0.05) is 352 Å². The molecule has 2 atom stereocenters. The van der Waals surface area contributed by atoms with Crippen LogP contribution in [0, 0.1) is 0 Å². The van der Waals surface area contributed by atoms with Crippen molar-refractivity contribution in [3.63, 3.8) is 0 Å². The third-order valence-electron chi connectivity index (χ3n) is 17.9. The summed E-state index contributed by atoms with van der Waals surface area (Å²) in [5.41, 5.74) is 0. The fourth-order valence-corrected chi connectivity index (χ4v) is 11.9. The first-order chi connectivity index (χ1) is 43.6. The summed E-state index contributed by atoms with van der Waals surface area (Å²) in [5.74, 6) is -1.97. The Kier molecular flexibility index (Phi) is 69.4. The standard InChI is InChI=1S/C80H151NO8/c1-6-8-10-12-14-16-18-20-22-24-26-28-30-32-33-34-35-36-37-38-39-40-41-42-43-44-45-47-49-51-53-55-57-59-61-63-65-67-69-71-78(83)89-76(75-88-80(79(84)85)86-73-72-81(3,4)5)74-87-77(82)70-68-66-64-62-60-58-56-54-52-50-48-46-31-29-27-25-23-21-19-17-15-13-11-9-7-2/h18,20,24-27,76,80H,6-17,19,21-23,28-75H2,1-5H3/p+1/b20-18-,26-24-,27-25-. The molecule has 9 heteroatoms. The Balaban J connectivity index is 3.95.